The molecule has 0 radical (unpaired) electrons. The third-order valence-electron chi connectivity index (χ3n) is 4.33. The maximum absolute atomic E-state index is 12.3. The third-order valence-corrected chi connectivity index (χ3v) is 4.80. The number of benzene rings is 1. The van der Waals surface area contributed by atoms with Crippen molar-refractivity contribution in [3.63, 3.8) is 0 Å². The molecule has 3 heterocycles. The Kier molecular flexibility index (Phi) is 4.65. The van der Waals surface area contributed by atoms with E-state index in [1.807, 2.05) is 30.3 Å². The van der Waals surface area contributed by atoms with Crippen LogP contribution in [0, 0.1) is 0 Å². The van der Waals surface area contributed by atoms with E-state index in [2.05, 4.69) is 33.2 Å². The number of aromatic nitrogens is 2. The highest BCUT2D eigenvalue weighted by Crippen LogP contribution is 2.32. The Morgan fingerprint density at radius 1 is 1.19 bits per heavy atom. The molecule has 0 aliphatic carbocycles. The van der Waals surface area contributed by atoms with Crippen molar-refractivity contribution in [1.82, 2.24) is 14.7 Å². The van der Waals surface area contributed by atoms with Crippen LogP contribution in [0.5, 0.6) is 11.5 Å². The molecule has 26 heavy (non-hydrogen) atoms. The Balaban J connectivity index is 1.51. The van der Waals surface area contributed by atoms with Gasteiger partial charge in [-0.05, 0) is 52.7 Å². The molecule has 0 fully saturated rings. The predicted octanol–water partition coefficient (Wildman–Crippen LogP) is 3.08. The summed E-state index contributed by atoms with van der Waals surface area (Å²) in [6.45, 7) is 3.72. The smallest absolute Gasteiger partial charge is 0.258 e. The average molecular weight is 416 g/mol. The molecule has 1 atom stereocenters. The summed E-state index contributed by atoms with van der Waals surface area (Å²) in [5.74, 6) is 1.55. The molecule has 134 valence electrons. The topological polar surface area (TPSA) is 64.9 Å². The highest BCUT2D eigenvalue weighted by Gasteiger charge is 2.14. The SMILES string of the molecule is C[C@@H](NCc1cc(=O)n2cc(Br)ccc2n1)c1ccc2c(c1)OCCO2. The highest BCUT2D eigenvalue weighted by atomic mass is 79.9. The summed E-state index contributed by atoms with van der Waals surface area (Å²) >= 11 is 3.37. The lowest BCUT2D eigenvalue weighted by Crippen LogP contribution is -2.22. The molecule has 0 saturated carbocycles. The van der Waals surface area contributed by atoms with Crippen LogP contribution >= 0.6 is 15.9 Å². The number of halogens is 1. The molecule has 1 aliphatic rings. The molecule has 7 heteroatoms. The third kappa shape index (κ3) is 3.45. The monoisotopic (exact) mass is 415 g/mol. The first kappa shape index (κ1) is 17.1. The number of hydrogen-bond donors (Lipinski definition) is 1. The van der Waals surface area contributed by atoms with Crippen LogP contribution in [-0.4, -0.2) is 22.6 Å². The van der Waals surface area contributed by atoms with Gasteiger partial charge in [0.05, 0.1) is 5.69 Å². The number of hydrogen-bond acceptors (Lipinski definition) is 5. The molecule has 3 aromatic rings. The fourth-order valence-corrected chi connectivity index (χ4v) is 3.26. The van der Waals surface area contributed by atoms with Gasteiger partial charge in [0.2, 0.25) is 0 Å². The van der Waals surface area contributed by atoms with Gasteiger partial charge in [-0.2, -0.15) is 0 Å². The van der Waals surface area contributed by atoms with Crippen LogP contribution in [-0.2, 0) is 6.54 Å². The van der Waals surface area contributed by atoms with E-state index in [1.54, 1.807) is 12.3 Å². The standard InChI is InChI=1S/C19H18BrN3O3/c1-12(13-2-4-16-17(8-13)26-7-6-25-16)21-10-15-9-19(24)23-11-14(20)3-5-18(23)22-15/h2-5,8-9,11-12,21H,6-7,10H2,1H3/t12-/m1/s1. The Morgan fingerprint density at radius 3 is 2.85 bits per heavy atom. The molecule has 4 rings (SSSR count). The Morgan fingerprint density at radius 2 is 2.00 bits per heavy atom. The van der Waals surface area contributed by atoms with Crippen LogP contribution in [0.25, 0.3) is 5.65 Å². The van der Waals surface area contributed by atoms with Crippen LogP contribution in [0.4, 0.5) is 0 Å². The quantitative estimate of drug-likeness (QED) is 0.709. The van der Waals surface area contributed by atoms with Gasteiger partial charge >= 0.3 is 0 Å². The number of ether oxygens (including phenoxy) is 2. The van der Waals surface area contributed by atoms with E-state index in [0.717, 1.165) is 21.5 Å². The van der Waals surface area contributed by atoms with Crippen molar-refractivity contribution in [3.05, 3.63) is 68.7 Å². The van der Waals surface area contributed by atoms with E-state index in [-0.39, 0.29) is 11.6 Å². The first-order valence-corrected chi connectivity index (χ1v) is 9.20. The first-order chi connectivity index (χ1) is 12.6. The van der Waals surface area contributed by atoms with Gasteiger partial charge in [-0.25, -0.2) is 4.98 Å². The normalized spacial score (nSPS) is 14.4. The molecule has 1 N–H and O–H groups in total. The number of nitrogens with zero attached hydrogens (tertiary/aromatic N) is 2. The van der Waals surface area contributed by atoms with Crippen molar-refractivity contribution in [2.75, 3.05) is 13.2 Å². The molecule has 1 aromatic carbocycles. The lowest BCUT2D eigenvalue weighted by molar-refractivity contribution is 0.171. The molecule has 2 aromatic heterocycles. The van der Waals surface area contributed by atoms with Crippen LogP contribution < -0.4 is 20.3 Å². The summed E-state index contributed by atoms with van der Waals surface area (Å²) in [6, 6.07) is 11.3. The highest BCUT2D eigenvalue weighted by molar-refractivity contribution is 9.10. The van der Waals surface area contributed by atoms with Crippen molar-refractivity contribution in [1.29, 1.82) is 0 Å². The lowest BCUT2D eigenvalue weighted by atomic mass is 10.1. The van der Waals surface area contributed by atoms with Crippen molar-refractivity contribution >= 4 is 21.6 Å². The number of nitrogens with one attached hydrogen (secondary N) is 1. The predicted molar refractivity (Wildman–Crippen MR) is 102 cm³/mol. The van der Waals surface area contributed by atoms with Crippen molar-refractivity contribution in [3.8, 4) is 11.5 Å². The Bertz CT molecular complexity index is 1020. The van der Waals surface area contributed by atoms with Crippen LogP contribution in [0.2, 0.25) is 0 Å². The van der Waals surface area contributed by atoms with Gasteiger partial charge in [-0.1, -0.05) is 6.07 Å². The molecule has 6 nitrogen and oxygen atoms in total. The number of pyridine rings is 1. The fourth-order valence-electron chi connectivity index (χ4n) is 2.92. The first-order valence-electron chi connectivity index (χ1n) is 8.41. The Labute approximate surface area is 158 Å². The minimum Gasteiger partial charge on any atom is -0.486 e. The minimum atomic E-state index is -0.0971. The molecular weight excluding hydrogens is 398 g/mol. The van der Waals surface area contributed by atoms with Gasteiger partial charge in [-0.15, -0.1) is 0 Å². The summed E-state index contributed by atoms with van der Waals surface area (Å²) in [7, 11) is 0. The van der Waals surface area contributed by atoms with E-state index in [9.17, 15) is 4.79 Å². The summed E-state index contributed by atoms with van der Waals surface area (Å²) in [5.41, 5.74) is 2.34. The van der Waals surface area contributed by atoms with Crippen molar-refractivity contribution in [2.24, 2.45) is 0 Å². The largest absolute Gasteiger partial charge is 0.486 e. The average Bonchev–Trinajstić information content (AvgIpc) is 2.66. The van der Waals surface area contributed by atoms with Crippen LogP contribution in [0.3, 0.4) is 0 Å². The maximum Gasteiger partial charge on any atom is 0.258 e. The van der Waals surface area contributed by atoms with E-state index >= 15 is 0 Å². The fraction of sp³-hybridized carbons (Fsp3) is 0.263. The zero-order valence-electron chi connectivity index (χ0n) is 14.2. The lowest BCUT2D eigenvalue weighted by Gasteiger charge is -2.21. The van der Waals surface area contributed by atoms with Gasteiger partial charge in [0.15, 0.2) is 11.5 Å². The Hall–Kier alpha value is -2.38. The van der Waals surface area contributed by atoms with Gasteiger partial charge in [0.25, 0.3) is 5.56 Å². The van der Waals surface area contributed by atoms with Gasteiger partial charge < -0.3 is 14.8 Å². The molecule has 0 spiro atoms. The molecule has 0 bridgehead atoms. The van der Waals surface area contributed by atoms with E-state index in [1.165, 1.54) is 4.40 Å². The van der Waals surface area contributed by atoms with E-state index in [0.29, 0.717) is 31.1 Å². The molecule has 0 amide bonds. The van der Waals surface area contributed by atoms with Gasteiger partial charge in [-0.3, -0.25) is 9.20 Å². The summed E-state index contributed by atoms with van der Waals surface area (Å²) in [4.78, 5) is 16.8. The second kappa shape index (κ2) is 7.09. The molecular formula is C19H18BrN3O3. The summed E-state index contributed by atoms with van der Waals surface area (Å²) in [5, 5.41) is 3.41. The summed E-state index contributed by atoms with van der Waals surface area (Å²) in [6.07, 6.45) is 1.72. The van der Waals surface area contributed by atoms with Gasteiger partial charge in [0.1, 0.15) is 18.9 Å². The van der Waals surface area contributed by atoms with Crippen LogP contribution in [0.1, 0.15) is 24.2 Å². The minimum absolute atomic E-state index is 0.0796. The van der Waals surface area contributed by atoms with E-state index in [4.69, 9.17) is 9.47 Å². The summed E-state index contributed by atoms with van der Waals surface area (Å²) < 4.78 is 13.6. The molecule has 0 saturated heterocycles. The van der Waals surface area contributed by atoms with Crippen LogP contribution in [0.15, 0.2) is 51.9 Å². The zero-order valence-corrected chi connectivity index (χ0v) is 15.8. The number of rotatable bonds is 4. The second-order valence-electron chi connectivity index (χ2n) is 6.17. The van der Waals surface area contributed by atoms with E-state index < -0.39 is 0 Å². The zero-order chi connectivity index (χ0) is 18.1. The molecule has 1 aliphatic heterocycles. The maximum atomic E-state index is 12.3. The molecule has 0 unspecified atom stereocenters. The van der Waals surface area contributed by atoms with Crippen molar-refractivity contribution in [2.45, 2.75) is 19.5 Å². The second-order valence-corrected chi connectivity index (χ2v) is 7.08. The number of fused-ring (bicyclic) bond motifs is 2. The van der Waals surface area contributed by atoms with Crippen molar-refractivity contribution < 1.29 is 9.47 Å². The van der Waals surface area contributed by atoms with Gasteiger partial charge in [0, 0.05) is 29.3 Å².